The van der Waals surface area contributed by atoms with E-state index >= 15 is 0 Å². The van der Waals surface area contributed by atoms with E-state index in [2.05, 4.69) is 20.0 Å². The van der Waals surface area contributed by atoms with E-state index in [0.717, 1.165) is 5.75 Å². The van der Waals surface area contributed by atoms with Gasteiger partial charge in [0.25, 0.3) is 5.91 Å². The summed E-state index contributed by atoms with van der Waals surface area (Å²) >= 11 is 1.37. The van der Waals surface area contributed by atoms with Gasteiger partial charge in [0.2, 0.25) is 5.88 Å². The van der Waals surface area contributed by atoms with Crippen LogP contribution in [-0.2, 0) is 0 Å². The molecule has 0 unspecified atom stereocenters. The molecule has 0 atom stereocenters. The molecule has 1 aromatic heterocycles. The normalized spacial score (nSPS) is 14.8. The van der Waals surface area contributed by atoms with Crippen molar-refractivity contribution in [2.75, 3.05) is 18.9 Å². The molecule has 0 aromatic carbocycles. The quantitative estimate of drug-likeness (QED) is 0.926. The molecule has 108 valence electrons. The molecule has 1 N–H and O–H groups in total. The zero-order valence-electron chi connectivity index (χ0n) is 10.1. The molecule has 20 heavy (non-hydrogen) atoms. The number of amides is 1. The Morgan fingerprint density at radius 2 is 2.30 bits per heavy atom. The van der Waals surface area contributed by atoms with Crippen LogP contribution in [0.1, 0.15) is 10.4 Å². The van der Waals surface area contributed by atoms with Crippen molar-refractivity contribution in [3.63, 3.8) is 0 Å². The highest BCUT2D eigenvalue weighted by Gasteiger charge is 2.29. The highest BCUT2D eigenvalue weighted by Crippen LogP contribution is 2.20. The number of nitrogens with one attached hydrogen (secondary N) is 1. The third kappa shape index (κ3) is 4.12. The molecular weight excluding hydrogens is 295 g/mol. The van der Waals surface area contributed by atoms with Crippen LogP contribution in [0, 0.1) is 0 Å². The lowest BCUT2D eigenvalue weighted by Crippen LogP contribution is -2.28. The Labute approximate surface area is 116 Å². The lowest BCUT2D eigenvalue weighted by molar-refractivity contribution is -0.154. The summed E-state index contributed by atoms with van der Waals surface area (Å²) in [7, 11) is 0. The number of amidine groups is 1. The second-order valence-corrected chi connectivity index (χ2v) is 4.83. The van der Waals surface area contributed by atoms with Gasteiger partial charge in [-0.25, -0.2) is 4.98 Å². The molecule has 0 spiro atoms. The Kier molecular flexibility index (Phi) is 4.48. The van der Waals surface area contributed by atoms with Gasteiger partial charge in [0, 0.05) is 11.9 Å². The first-order chi connectivity index (χ1) is 9.46. The van der Waals surface area contributed by atoms with Crippen LogP contribution in [0.25, 0.3) is 0 Å². The van der Waals surface area contributed by atoms with Crippen LogP contribution in [0.2, 0.25) is 0 Å². The Bertz CT molecular complexity index is 534. The minimum absolute atomic E-state index is 0.0630. The van der Waals surface area contributed by atoms with Gasteiger partial charge in [-0.05, 0) is 12.1 Å². The van der Waals surface area contributed by atoms with Gasteiger partial charge >= 0.3 is 6.18 Å². The maximum Gasteiger partial charge on any atom is 0.422 e. The average Bonchev–Trinajstić information content (AvgIpc) is 2.88. The average molecular weight is 305 g/mol. The minimum atomic E-state index is -4.49. The third-order valence-electron chi connectivity index (χ3n) is 2.19. The third-order valence-corrected chi connectivity index (χ3v) is 3.09. The number of hydrogen-bond acceptors (Lipinski definition) is 5. The summed E-state index contributed by atoms with van der Waals surface area (Å²) in [6.45, 7) is -0.898. The lowest BCUT2D eigenvalue weighted by Gasteiger charge is -2.11. The number of aliphatic imine (C=N–C) groups is 1. The van der Waals surface area contributed by atoms with Crippen molar-refractivity contribution in [1.29, 1.82) is 0 Å². The fraction of sp³-hybridized carbons (Fsp3) is 0.364. The van der Waals surface area contributed by atoms with Gasteiger partial charge in [0.05, 0.1) is 6.54 Å². The molecule has 1 amide bonds. The first-order valence-corrected chi connectivity index (χ1v) is 6.57. The summed E-state index contributed by atoms with van der Waals surface area (Å²) in [4.78, 5) is 19.6. The van der Waals surface area contributed by atoms with Crippen molar-refractivity contribution in [3.05, 3.63) is 23.9 Å². The van der Waals surface area contributed by atoms with E-state index in [1.165, 1.54) is 30.1 Å². The number of hydrogen-bond donors (Lipinski definition) is 1. The topological polar surface area (TPSA) is 63.6 Å². The fourth-order valence-corrected chi connectivity index (χ4v) is 2.13. The van der Waals surface area contributed by atoms with Crippen molar-refractivity contribution < 1.29 is 22.7 Å². The Hall–Kier alpha value is -1.77. The van der Waals surface area contributed by atoms with Crippen LogP contribution in [0.15, 0.2) is 23.3 Å². The molecule has 0 radical (unpaired) electrons. The number of pyridine rings is 1. The Balaban J connectivity index is 2.08. The number of aromatic nitrogens is 1. The fourth-order valence-electron chi connectivity index (χ4n) is 1.40. The second-order valence-electron chi connectivity index (χ2n) is 3.75. The van der Waals surface area contributed by atoms with Gasteiger partial charge in [-0.1, -0.05) is 11.8 Å². The standard InChI is InChI=1S/C11H10F3N3O2S/c12-11(13,14)6-19-9-7(2-1-3-15-9)8(18)17-10-16-4-5-20-10/h1-3H,4-6H2,(H,16,17,18). The highest BCUT2D eigenvalue weighted by atomic mass is 32.2. The molecule has 0 fully saturated rings. The van der Waals surface area contributed by atoms with E-state index in [1.54, 1.807) is 0 Å². The van der Waals surface area contributed by atoms with Gasteiger partial charge in [-0.15, -0.1) is 0 Å². The molecule has 9 heteroatoms. The number of nitrogens with zero attached hydrogens (tertiary/aromatic N) is 2. The predicted molar refractivity (Wildman–Crippen MR) is 68.0 cm³/mol. The van der Waals surface area contributed by atoms with Crippen LogP contribution in [0.3, 0.4) is 0 Å². The minimum Gasteiger partial charge on any atom is -0.467 e. The molecule has 5 nitrogen and oxygen atoms in total. The Morgan fingerprint density at radius 1 is 1.50 bits per heavy atom. The zero-order chi connectivity index (χ0) is 14.6. The number of carbonyl (C=O) groups excluding carboxylic acids is 1. The van der Waals surface area contributed by atoms with Crippen molar-refractivity contribution in [2.24, 2.45) is 4.99 Å². The van der Waals surface area contributed by atoms with Crippen molar-refractivity contribution >= 4 is 22.8 Å². The number of rotatable bonds is 3. The molecule has 2 rings (SSSR count). The maximum absolute atomic E-state index is 12.1. The van der Waals surface area contributed by atoms with Crippen molar-refractivity contribution in [2.45, 2.75) is 6.18 Å². The number of carbonyl (C=O) groups is 1. The first kappa shape index (κ1) is 14.6. The smallest absolute Gasteiger partial charge is 0.422 e. The summed E-state index contributed by atoms with van der Waals surface area (Å²) < 4.78 is 40.9. The van der Waals surface area contributed by atoms with E-state index in [1.807, 2.05) is 0 Å². The molecular formula is C11H10F3N3O2S. The van der Waals surface area contributed by atoms with Crippen LogP contribution >= 0.6 is 11.8 Å². The Morgan fingerprint density at radius 3 is 2.95 bits per heavy atom. The van der Waals surface area contributed by atoms with Gasteiger partial charge in [0.15, 0.2) is 11.8 Å². The molecule has 0 saturated heterocycles. The molecule has 1 aromatic rings. The van der Waals surface area contributed by atoms with Crippen LogP contribution < -0.4 is 10.1 Å². The molecule has 0 aliphatic carbocycles. The molecule has 1 aliphatic heterocycles. The zero-order valence-corrected chi connectivity index (χ0v) is 10.9. The number of thioether (sulfide) groups is 1. The summed E-state index contributed by atoms with van der Waals surface area (Å²) in [5.74, 6) is -0.186. The number of halogens is 3. The summed E-state index contributed by atoms with van der Waals surface area (Å²) in [6, 6.07) is 2.78. The van der Waals surface area contributed by atoms with E-state index < -0.39 is 18.7 Å². The highest BCUT2D eigenvalue weighted by molar-refractivity contribution is 8.14. The molecule has 0 saturated carbocycles. The number of ether oxygens (including phenoxy) is 1. The van der Waals surface area contributed by atoms with Crippen molar-refractivity contribution in [1.82, 2.24) is 10.3 Å². The number of alkyl halides is 3. The van der Waals surface area contributed by atoms with Crippen LogP contribution in [0.5, 0.6) is 5.88 Å². The lowest BCUT2D eigenvalue weighted by atomic mass is 10.2. The van der Waals surface area contributed by atoms with E-state index in [4.69, 9.17) is 0 Å². The van der Waals surface area contributed by atoms with E-state index in [0.29, 0.717) is 11.7 Å². The SMILES string of the molecule is O=C(NC1=NCCS1)c1cccnc1OCC(F)(F)F. The monoisotopic (exact) mass is 305 g/mol. The van der Waals surface area contributed by atoms with Gasteiger partial charge in [-0.3, -0.25) is 9.79 Å². The van der Waals surface area contributed by atoms with Crippen LogP contribution in [-0.4, -0.2) is 41.1 Å². The summed E-state index contributed by atoms with van der Waals surface area (Å²) in [5.41, 5.74) is -0.0630. The molecule has 1 aliphatic rings. The van der Waals surface area contributed by atoms with Gasteiger partial charge < -0.3 is 10.1 Å². The molecule has 2 heterocycles. The first-order valence-electron chi connectivity index (χ1n) is 5.59. The molecule has 0 bridgehead atoms. The second kappa shape index (κ2) is 6.12. The predicted octanol–water partition coefficient (Wildman–Crippen LogP) is 1.86. The summed E-state index contributed by atoms with van der Waals surface area (Å²) in [6.07, 6.45) is -3.24. The van der Waals surface area contributed by atoms with Crippen LogP contribution in [0.4, 0.5) is 13.2 Å². The largest absolute Gasteiger partial charge is 0.467 e. The van der Waals surface area contributed by atoms with Gasteiger partial charge in [-0.2, -0.15) is 13.2 Å². The maximum atomic E-state index is 12.1. The van der Waals surface area contributed by atoms with E-state index in [-0.39, 0.29) is 11.4 Å². The van der Waals surface area contributed by atoms with Gasteiger partial charge in [0.1, 0.15) is 5.56 Å². The van der Waals surface area contributed by atoms with Crippen molar-refractivity contribution in [3.8, 4) is 5.88 Å². The van der Waals surface area contributed by atoms with E-state index in [9.17, 15) is 18.0 Å². The summed E-state index contributed by atoms with van der Waals surface area (Å²) in [5, 5.41) is 2.95.